The molecule has 0 bridgehead atoms. The summed E-state index contributed by atoms with van der Waals surface area (Å²) in [7, 11) is -4.67. The maximum atomic E-state index is 8.74. The predicted octanol–water partition coefficient (Wildman–Crippen LogP) is -0.976. The van der Waals surface area contributed by atoms with E-state index in [9.17, 15) is 0 Å². The van der Waals surface area contributed by atoms with E-state index in [1.165, 1.54) is 0 Å². The second-order valence-electron chi connectivity index (χ2n) is 4.70. The molecular weight excluding hydrogens is 288 g/mol. The van der Waals surface area contributed by atoms with Crippen LogP contribution < -0.4 is 5.73 Å². The van der Waals surface area contributed by atoms with Crippen LogP contribution >= 0.6 is 0 Å². The normalized spacial score (nSPS) is 22.0. The van der Waals surface area contributed by atoms with Gasteiger partial charge < -0.3 is 15.4 Å². The van der Waals surface area contributed by atoms with Crippen LogP contribution in [0.1, 0.15) is 12.8 Å². The maximum absolute atomic E-state index is 8.74. The molecule has 0 aromatic heterocycles. The Labute approximate surface area is 118 Å². The van der Waals surface area contributed by atoms with Gasteiger partial charge in [0.25, 0.3) is 0 Å². The van der Waals surface area contributed by atoms with E-state index in [1.54, 1.807) is 0 Å². The van der Waals surface area contributed by atoms with Crippen LogP contribution in [-0.2, 0) is 15.1 Å². The zero-order valence-corrected chi connectivity index (χ0v) is 12.0. The molecule has 0 aromatic rings. The summed E-state index contributed by atoms with van der Waals surface area (Å²) in [5, 5.41) is 7.37. The van der Waals surface area contributed by atoms with Crippen molar-refractivity contribution in [1.82, 2.24) is 9.80 Å². The summed E-state index contributed by atoms with van der Waals surface area (Å²) in [6, 6.07) is 0.671. The van der Waals surface area contributed by atoms with Gasteiger partial charge in [-0.15, -0.1) is 0 Å². The van der Waals surface area contributed by atoms with Gasteiger partial charge in [0.2, 0.25) is 0 Å². The largest absolute Gasteiger partial charge is 0.394 e. The fraction of sp³-hybridized carbons (Fsp3) is 0.900. The molecule has 9 nitrogen and oxygen atoms in total. The third-order valence-corrected chi connectivity index (χ3v) is 3.37. The predicted molar refractivity (Wildman–Crippen MR) is 73.1 cm³/mol. The summed E-state index contributed by atoms with van der Waals surface area (Å²) >= 11 is 0. The molecular formula is C10H22N4O5S. The van der Waals surface area contributed by atoms with Gasteiger partial charge in [0.05, 0.1) is 13.2 Å². The van der Waals surface area contributed by atoms with Crippen LogP contribution in [0.5, 0.6) is 0 Å². The minimum atomic E-state index is -4.67. The minimum Gasteiger partial charge on any atom is -0.379 e. The van der Waals surface area contributed by atoms with Crippen LogP contribution in [0, 0.1) is 5.41 Å². The van der Waals surface area contributed by atoms with Gasteiger partial charge in [-0.1, -0.05) is 0 Å². The summed E-state index contributed by atoms with van der Waals surface area (Å²) in [5.41, 5.74) is 5.47. The van der Waals surface area contributed by atoms with Gasteiger partial charge >= 0.3 is 10.4 Å². The maximum Gasteiger partial charge on any atom is 0.394 e. The van der Waals surface area contributed by atoms with E-state index in [1.807, 2.05) is 4.90 Å². The monoisotopic (exact) mass is 310 g/mol. The lowest BCUT2D eigenvalue weighted by Gasteiger charge is -2.40. The number of rotatable bonds is 1. The van der Waals surface area contributed by atoms with Gasteiger partial charge in [0.1, 0.15) is 0 Å². The molecule has 2 aliphatic rings. The Balaban J connectivity index is 0.000000347. The second kappa shape index (κ2) is 7.74. The summed E-state index contributed by atoms with van der Waals surface area (Å²) in [5.74, 6) is 0.218. The summed E-state index contributed by atoms with van der Waals surface area (Å²) in [6.45, 7) is 5.71. The molecule has 0 saturated carbocycles. The first kappa shape index (κ1) is 17.1. The number of piperidine rings is 1. The quantitative estimate of drug-likeness (QED) is 0.275. The topological polar surface area (TPSA) is 140 Å². The molecule has 10 heteroatoms. The molecule has 0 unspecified atom stereocenters. The average molecular weight is 310 g/mol. The Bertz CT molecular complexity index is 394. The molecule has 0 spiro atoms. The van der Waals surface area contributed by atoms with E-state index < -0.39 is 10.4 Å². The number of nitrogens with zero attached hydrogens (tertiary/aromatic N) is 2. The van der Waals surface area contributed by atoms with Crippen molar-refractivity contribution in [3.05, 3.63) is 0 Å². The van der Waals surface area contributed by atoms with Gasteiger partial charge in [0.15, 0.2) is 5.96 Å². The molecule has 2 rings (SSSR count). The SMILES string of the molecule is N=C(N)N1CCC(N2CCOCC2)CC1.O=S(=O)(O)O. The number of likely N-dealkylation sites (tertiary alicyclic amines) is 1. The van der Waals surface area contributed by atoms with Crippen LogP contribution in [0.15, 0.2) is 0 Å². The Hall–Kier alpha value is -0.940. The Morgan fingerprint density at radius 1 is 1.15 bits per heavy atom. The summed E-state index contributed by atoms with van der Waals surface area (Å²) in [4.78, 5) is 4.47. The second-order valence-corrected chi connectivity index (χ2v) is 5.60. The van der Waals surface area contributed by atoms with E-state index >= 15 is 0 Å². The number of guanidine groups is 1. The van der Waals surface area contributed by atoms with Crippen LogP contribution in [0.25, 0.3) is 0 Å². The van der Waals surface area contributed by atoms with Gasteiger partial charge in [-0.3, -0.25) is 19.4 Å². The molecule has 2 aliphatic heterocycles. The third-order valence-electron chi connectivity index (χ3n) is 3.37. The highest BCUT2D eigenvalue weighted by Crippen LogP contribution is 2.17. The van der Waals surface area contributed by atoms with Gasteiger partial charge in [-0.05, 0) is 12.8 Å². The van der Waals surface area contributed by atoms with Gasteiger partial charge in [0, 0.05) is 32.2 Å². The Morgan fingerprint density at radius 2 is 1.60 bits per heavy atom. The van der Waals surface area contributed by atoms with Crippen molar-refractivity contribution < 1.29 is 22.3 Å². The van der Waals surface area contributed by atoms with Crippen LogP contribution in [0.2, 0.25) is 0 Å². The van der Waals surface area contributed by atoms with Crippen molar-refractivity contribution in [3.8, 4) is 0 Å². The summed E-state index contributed by atoms with van der Waals surface area (Å²) in [6.07, 6.45) is 2.25. The highest BCUT2D eigenvalue weighted by molar-refractivity contribution is 7.79. The number of nitrogens with one attached hydrogen (secondary N) is 1. The first-order valence-corrected chi connectivity index (χ1v) is 7.77. The number of nitrogens with two attached hydrogens (primary N) is 1. The van der Waals surface area contributed by atoms with Crippen molar-refractivity contribution >= 4 is 16.4 Å². The van der Waals surface area contributed by atoms with E-state index in [4.69, 9.17) is 33.4 Å². The molecule has 20 heavy (non-hydrogen) atoms. The molecule has 0 aromatic carbocycles. The van der Waals surface area contributed by atoms with E-state index in [-0.39, 0.29) is 5.96 Å². The molecule has 0 aliphatic carbocycles. The number of ether oxygens (including phenoxy) is 1. The zero-order valence-electron chi connectivity index (χ0n) is 11.2. The first-order chi connectivity index (χ1) is 9.27. The molecule has 0 amide bonds. The lowest BCUT2D eigenvalue weighted by molar-refractivity contribution is 0.00531. The molecule has 118 valence electrons. The fourth-order valence-electron chi connectivity index (χ4n) is 2.41. The Morgan fingerprint density at radius 3 is 2.00 bits per heavy atom. The van der Waals surface area contributed by atoms with Crippen molar-refractivity contribution in [2.75, 3.05) is 39.4 Å². The van der Waals surface area contributed by atoms with Gasteiger partial charge in [-0.25, -0.2) is 0 Å². The number of morpholine rings is 1. The van der Waals surface area contributed by atoms with Crippen molar-refractivity contribution in [2.24, 2.45) is 5.73 Å². The molecule has 0 radical (unpaired) electrons. The highest BCUT2D eigenvalue weighted by Gasteiger charge is 2.25. The van der Waals surface area contributed by atoms with E-state index in [0.29, 0.717) is 6.04 Å². The smallest absolute Gasteiger partial charge is 0.379 e. The highest BCUT2D eigenvalue weighted by atomic mass is 32.3. The molecule has 2 saturated heterocycles. The zero-order chi connectivity index (χ0) is 15.2. The van der Waals surface area contributed by atoms with Crippen LogP contribution in [0.3, 0.4) is 0 Å². The third kappa shape index (κ3) is 7.01. The standard InChI is InChI=1S/C10H20N4O.H2O4S/c11-10(12)14-3-1-9(2-4-14)13-5-7-15-8-6-13;1-5(2,3)4/h9H,1-8H2,(H3,11,12);(H2,1,2,3,4). The minimum absolute atomic E-state index is 0.218. The van der Waals surface area contributed by atoms with E-state index in [0.717, 1.165) is 52.2 Å². The first-order valence-electron chi connectivity index (χ1n) is 6.38. The van der Waals surface area contributed by atoms with E-state index in [2.05, 4.69) is 4.90 Å². The van der Waals surface area contributed by atoms with Crippen LogP contribution in [-0.4, -0.2) is 78.7 Å². The lowest BCUT2D eigenvalue weighted by Crippen LogP contribution is -2.51. The molecule has 0 atom stereocenters. The molecule has 2 heterocycles. The number of hydrogen-bond donors (Lipinski definition) is 4. The van der Waals surface area contributed by atoms with Crippen molar-refractivity contribution in [3.63, 3.8) is 0 Å². The average Bonchev–Trinajstić information content (AvgIpc) is 2.38. The molecule has 2 fully saturated rings. The fourth-order valence-corrected chi connectivity index (χ4v) is 2.41. The summed E-state index contributed by atoms with van der Waals surface area (Å²) < 4.78 is 36.9. The lowest BCUT2D eigenvalue weighted by atomic mass is 10.0. The van der Waals surface area contributed by atoms with Crippen molar-refractivity contribution in [1.29, 1.82) is 5.41 Å². The Kier molecular flexibility index (Phi) is 6.62. The van der Waals surface area contributed by atoms with Gasteiger partial charge in [-0.2, -0.15) is 8.42 Å². The van der Waals surface area contributed by atoms with Crippen LogP contribution in [0.4, 0.5) is 0 Å². The van der Waals surface area contributed by atoms with Crippen molar-refractivity contribution in [2.45, 2.75) is 18.9 Å². The number of hydrogen-bond acceptors (Lipinski definition) is 5. The molecule has 5 N–H and O–H groups in total.